The van der Waals surface area contributed by atoms with Crippen molar-refractivity contribution in [3.63, 3.8) is 0 Å². The van der Waals surface area contributed by atoms with Gasteiger partial charge in [-0.25, -0.2) is 4.79 Å². The summed E-state index contributed by atoms with van der Waals surface area (Å²) in [6.45, 7) is 4.08. The van der Waals surface area contributed by atoms with Crippen LogP contribution in [-0.4, -0.2) is 54.6 Å². The van der Waals surface area contributed by atoms with Gasteiger partial charge in [-0.1, -0.05) is 18.2 Å². The number of furan rings is 1. The second kappa shape index (κ2) is 7.21. The SMILES string of the molecule is CCOC(=O)N1CCN(C(=O)c2ccccc2-c2ccco2)CC1. The van der Waals surface area contributed by atoms with Crippen LogP contribution < -0.4 is 0 Å². The smallest absolute Gasteiger partial charge is 0.409 e. The molecule has 6 nitrogen and oxygen atoms in total. The highest BCUT2D eigenvalue weighted by molar-refractivity contribution is 6.00. The summed E-state index contributed by atoms with van der Waals surface area (Å²) < 4.78 is 10.4. The predicted octanol–water partition coefficient (Wildman–Crippen LogP) is 2.86. The summed E-state index contributed by atoms with van der Waals surface area (Å²) in [6.07, 6.45) is 1.27. The van der Waals surface area contributed by atoms with E-state index in [4.69, 9.17) is 9.15 Å². The third-order valence-electron chi connectivity index (χ3n) is 4.04. The molecule has 1 aromatic carbocycles. The summed E-state index contributed by atoms with van der Waals surface area (Å²) in [7, 11) is 0. The van der Waals surface area contributed by atoms with E-state index in [-0.39, 0.29) is 12.0 Å². The van der Waals surface area contributed by atoms with E-state index >= 15 is 0 Å². The lowest BCUT2D eigenvalue weighted by atomic mass is 10.0. The largest absolute Gasteiger partial charge is 0.464 e. The Labute approximate surface area is 140 Å². The van der Waals surface area contributed by atoms with E-state index in [9.17, 15) is 9.59 Å². The molecule has 6 heteroatoms. The van der Waals surface area contributed by atoms with Gasteiger partial charge in [-0.05, 0) is 25.1 Å². The third-order valence-corrected chi connectivity index (χ3v) is 4.04. The first-order chi connectivity index (χ1) is 11.7. The molecule has 24 heavy (non-hydrogen) atoms. The van der Waals surface area contributed by atoms with Gasteiger partial charge >= 0.3 is 6.09 Å². The summed E-state index contributed by atoms with van der Waals surface area (Å²) in [5.74, 6) is 0.620. The van der Waals surface area contributed by atoms with Gasteiger partial charge in [-0.2, -0.15) is 0 Å². The first-order valence-electron chi connectivity index (χ1n) is 8.04. The Bertz CT molecular complexity index is 704. The minimum atomic E-state index is -0.319. The van der Waals surface area contributed by atoms with Crippen LogP contribution >= 0.6 is 0 Å². The first-order valence-corrected chi connectivity index (χ1v) is 8.04. The fourth-order valence-corrected chi connectivity index (χ4v) is 2.79. The zero-order chi connectivity index (χ0) is 16.9. The van der Waals surface area contributed by atoms with Crippen LogP contribution in [0.15, 0.2) is 47.1 Å². The van der Waals surface area contributed by atoms with Crippen LogP contribution in [-0.2, 0) is 4.74 Å². The van der Waals surface area contributed by atoms with Crippen LogP contribution in [0.1, 0.15) is 17.3 Å². The van der Waals surface area contributed by atoms with E-state index < -0.39 is 0 Å². The Balaban J connectivity index is 1.72. The number of hydrogen-bond acceptors (Lipinski definition) is 4. The van der Waals surface area contributed by atoms with E-state index in [1.54, 1.807) is 35.1 Å². The van der Waals surface area contributed by atoms with Gasteiger partial charge in [0, 0.05) is 31.7 Å². The van der Waals surface area contributed by atoms with Crippen molar-refractivity contribution in [3.8, 4) is 11.3 Å². The number of rotatable bonds is 3. The van der Waals surface area contributed by atoms with E-state index in [1.807, 2.05) is 24.3 Å². The summed E-state index contributed by atoms with van der Waals surface area (Å²) in [5.41, 5.74) is 1.39. The minimum absolute atomic E-state index is 0.0505. The van der Waals surface area contributed by atoms with Gasteiger partial charge in [-0.3, -0.25) is 4.79 Å². The van der Waals surface area contributed by atoms with Crippen molar-refractivity contribution in [2.24, 2.45) is 0 Å². The van der Waals surface area contributed by atoms with Gasteiger partial charge < -0.3 is 19.0 Å². The highest BCUT2D eigenvalue weighted by Crippen LogP contribution is 2.25. The molecule has 3 rings (SSSR count). The molecule has 1 aromatic heterocycles. The minimum Gasteiger partial charge on any atom is -0.464 e. The lowest BCUT2D eigenvalue weighted by molar-refractivity contribution is 0.0571. The third kappa shape index (κ3) is 3.27. The molecular weight excluding hydrogens is 308 g/mol. The van der Waals surface area contributed by atoms with Crippen LogP contribution in [0.3, 0.4) is 0 Å². The average molecular weight is 328 g/mol. The zero-order valence-corrected chi connectivity index (χ0v) is 13.6. The molecule has 0 aliphatic carbocycles. The molecule has 0 radical (unpaired) electrons. The lowest BCUT2D eigenvalue weighted by Crippen LogP contribution is -2.50. The Hall–Kier alpha value is -2.76. The summed E-state index contributed by atoms with van der Waals surface area (Å²) in [6, 6.07) is 11.0. The Morgan fingerprint density at radius 2 is 1.75 bits per heavy atom. The molecule has 1 aliphatic heterocycles. The van der Waals surface area contributed by atoms with Crippen LogP contribution in [0.5, 0.6) is 0 Å². The maximum atomic E-state index is 12.9. The number of hydrogen-bond donors (Lipinski definition) is 0. The van der Waals surface area contributed by atoms with Crippen molar-refractivity contribution in [2.75, 3.05) is 32.8 Å². The van der Waals surface area contributed by atoms with E-state index in [0.29, 0.717) is 44.1 Å². The predicted molar refractivity (Wildman–Crippen MR) is 88.6 cm³/mol. The zero-order valence-electron chi connectivity index (χ0n) is 13.6. The first kappa shape index (κ1) is 16.1. The van der Waals surface area contributed by atoms with Gasteiger partial charge in [0.15, 0.2) is 0 Å². The van der Waals surface area contributed by atoms with E-state index in [1.165, 1.54) is 0 Å². The van der Waals surface area contributed by atoms with Crippen molar-refractivity contribution >= 4 is 12.0 Å². The van der Waals surface area contributed by atoms with Gasteiger partial charge in [0.05, 0.1) is 18.4 Å². The van der Waals surface area contributed by atoms with Gasteiger partial charge in [0.2, 0.25) is 0 Å². The molecule has 1 aliphatic rings. The van der Waals surface area contributed by atoms with Crippen LogP contribution in [0.4, 0.5) is 4.79 Å². The number of amides is 2. The maximum absolute atomic E-state index is 12.9. The standard InChI is InChI=1S/C18H20N2O4/c1-2-23-18(22)20-11-9-19(10-12-20)17(21)15-7-4-3-6-14(15)16-8-5-13-24-16/h3-8,13H,2,9-12H2,1H3. The molecule has 0 atom stereocenters. The van der Waals surface area contributed by atoms with E-state index in [0.717, 1.165) is 5.56 Å². The fourth-order valence-electron chi connectivity index (χ4n) is 2.79. The molecule has 0 bridgehead atoms. The number of ether oxygens (including phenoxy) is 1. The average Bonchev–Trinajstić information content (AvgIpc) is 3.16. The number of carbonyl (C=O) groups excluding carboxylic acids is 2. The Morgan fingerprint density at radius 1 is 1.04 bits per heavy atom. The molecule has 0 unspecified atom stereocenters. The normalized spacial score (nSPS) is 14.5. The second-order valence-corrected chi connectivity index (χ2v) is 5.50. The monoisotopic (exact) mass is 328 g/mol. The quantitative estimate of drug-likeness (QED) is 0.869. The number of nitrogens with zero attached hydrogens (tertiary/aromatic N) is 2. The number of piperazine rings is 1. The Morgan fingerprint density at radius 3 is 2.42 bits per heavy atom. The molecule has 126 valence electrons. The van der Waals surface area contributed by atoms with Gasteiger partial charge in [0.1, 0.15) is 5.76 Å². The molecule has 1 fully saturated rings. The molecular formula is C18H20N2O4. The number of carbonyl (C=O) groups is 2. The highest BCUT2D eigenvalue weighted by atomic mass is 16.6. The van der Waals surface area contributed by atoms with Crippen molar-refractivity contribution in [1.82, 2.24) is 9.80 Å². The summed E-state index contributed by atoms with van der Waals surface area (Å²) in [4.78, 5) is 28.0. The molecule has 0 N–H and O–H groups in total. The Kier molecular flexibility index (Phi) is 4.84. The molecule has 1 saturated heterocycles. The van der Waals surface area contributed by atoms with Crippen molar-refractivity contribution in [2.45, 2.75) is 6.92 Å². The van der Waals surface area contributed by atoms with Gasteiger partial charge in [0.25, 0.3) is 5.91 Å². The lowest BCUT2D eigenvalue weighted by Gasteiger charge is -2.34. The molecule has 2 heterocycles. The summed E-state index contributed by atoms with van der Waals surface area (Å²) >= 11 is 0. The molecule has 2 amide bonds. The topological polar surface area (TPSA) is 63.0 Å². The van der Waals surface area contributed by atoms with Crippen molar-refractivity contribution < 1.29 is 18.7 Å². The van der Waals surface area contributed by atoms with Crippen LogP contribution in [0.2, 0.25) is 0 Å². The van der Waals surface area contributed by atoms with Crippen molar-refractivity contribution in [1.29, 1.82) is 0 Å². The van der Waals surface area contributed by atoms with Crippen LogP contribution in [0.25, 0.3) is 11.3 Å². The van der Waals surface area contributed by atoms with Crippen molar-refractivity contribution in [3.05, 3.63) is 48.2 Å². The fraction of sp³-hybridized carbons (Fsp3) is 0.333. The second-order valence-electron chi connectivity index (χ2n) is 5.50. The highest BCUT2D eigenvalue weighted by Gasteiger charge is 2.27. The van der Waals surface area contributed by atoms with E-state index in [2.05, 4.69) is 0 Å². The number of benzene rings is 1. The summed E-state index contributed by atoms with van der Waals surface area (Å²) in [5, 5.41) is 0. The molecule has 0 spiro atoms. The molecule has 0 saturated carbocycles. The van der Waals surface area contributed by atoms with Crippen LogP contribution in [0, 0.1) is 0 Å². The van der Waals surface area contributed by atoms with Gasteiger partial charge in [-0.15, -0.1) is 0 Å². The molecule has 2 aromatic rings. The maximum Gasteiger partial charge on any atom is 0.409 e.